The zero-order valence-electron chi connectivity index (χ0n) is 13.3. The van der Waals surface area contributed by atoms with Crippen LogP contribution in [0.1, 0.15) is 62.8 Å². The highest BCUT2D eigenvalue weighted by atomic mass is 19.1. The van der Waals surface area contributed by atoms with Crippen LogP contribution in [0.25, 0.3) is 0 Å². The van der Waals surface area contributed by atoms with E-state index in [0.717, 1.165) is 44.2 Å². The molecule has 5 rings (SSSR count). The minimum absolute atomic E-state index is 0.0489. The van der Waals surface area contributed by atoms with Crippen LogP contribution in [0.2, 0.25) is 0 Å². The number of aromatic nitrogens is 2. The molecule has 0 unspecified atom stereocenters. The fraction of sp³-hybridized carbons (Fsp3) is 0.765. The largest absolute Gasteiger partial charge is 0.469 e. The van der Waals surface area contributed by atoms with Crippen LogP contribution in [0.15, 0.2) is 6.07 Å². The van der Waals surface area contributed by atoms with Gasteiger partial charge < -0.3 is 4.74 Å². The van der Waals surface area contributed by atoms with Crippen LogP contribution in [0.5, 0.6) is 0 Å². The van der Waals surface area contributed by atoms with Crippen LogP contribution in [0, 0.1) is 5.41 Å². The normalized spacial score (nSPS) is 35.4. The molecule has 1 aromatic rings. The van der Waals surface area contributed by atoms with Crippen molar-refractivity contribution < 1.29 is 13.9 Å². The van der Waals surface area contributed by atoms with Crippen LogP contribution in [0.3, 0.4) is 0 Å². The molecule has 4 aliphatic carbocycles. The number of carbonyl (C=O) groups is 1. The summed E-state index contributed by atoms with van der Waals surface area (Å²) in [6, 6.07) is 1.99. The molecule has 4 fully saturated rings. The van der Waals surface area contributed by atoms with Gasteiger partial charge in [-0.15, -0.1) is 0 Å². The number of aryl methyl sites for hydroxylation is 1. The van der Waals surface area contributed by atoms with Crippen LogP contribution in [-0.4, -0.2) is 22.9 Å². The Labute approximate surface area is 130 Å². The number of carbonyl (C=O) groups excluding carboxylic acids is 1. The van der Waals surface area contributed by atoms with Crippen molar-refractivity contribution in [3.05, 3.63) is 17.5 Å². The second-order valence-corrected chi connectivity index (χ2v) is 7.56. The summed E-state index contributed by atoms with van der Waals surface area (Å²) in [5, 5.41) is 4.45. The third kappa shape index (κ3) is 1.80. The number of nitrogens with zero attached hydrogens (tertiary/aromatic N) is 2. The molecule has 22 heavy (non-hydrogen) atoms. The first-order chi connectivity index (χ1) is 10.4. The average Bonchev–Trinajstić information content (AvgIpc) is 3.17. The predicted octanol–water partition coefficient (Wildman–Crippen LogP) is 3.14. The molecular weight excluding hydrogens is 283 g/mol. The van der Waals surface area contributed by atoms with E-state index in [4.69, 9.17) is 4.74 Å². The Morgan fingerprint density at radius 1 is 1.18 bits per heavy atom. The van der Waals surface area contributed by atoms with E-state index >= 15 is 0 Å². The summed E-state index contributed by atoms with van der Waals surface area (Å²) in [7, 11) is 3.41. The van der Waals surface area contributed by atoms with Crippen molar-refractivity contribution in [2.75, 3.05) is 7.11 Å². The van der Waals surface area contributed by atoms with E-state index in [0.29, 0.717) is 18.5 Å². The summed E-state index contributed by atoms with van der Waals surface area (Å²) in [5.41, 5.74) is 0.391. The van der Waals surface area contributed by atoms with Crippen molar-refractivity contribution in [1.29, 1.82) is 0 Å². The lowest BCUT2D eigenvalue weighted by Crippen LogP contribution is -2.49. The number of hydrogen-bond acceptors (Lipinski definition) is 3. The molecule has 4 saturated carbocycles. The average molecular weight is 306 g/mol. The van der Waals surface area contributed by atoms with Crippen molar-refractivity contribution in [3.8, 4) is 0 Å². The molecule has 0 aliphatic heterocycles. The molecule has 0 amide bonds. The van der Waals surface area contributed by atoms with Gasteiger partial charge in [0.2, 0.25) is 0 Å². The Bertz CT molecular complexity index is 608. The molecule has 5 heteroatoms. The molecule has 2 bridgehead atoms. The van der Waals surface area contributed by atoms with Crippen LogP contribution in [-0.2, 0) is 27.7 Å². The lowest BCUT2D eigenvalue weighted by molar-refractivity contribution is -0.160. The van der Waals surface area contributed by atoms with Crippen molar-refractivity contribution in [1.82, 2.24) is 9.78 Å². The van der Waals surface area contributed by atoms with Crippen molar-refractivity contribution >= 4 is 5.97 Å². The third-order valence-electron chi connectivity index (χ3n) is 6.44. The summed E-state index contributed by atoms with van der Waals surface area (Å²) in [6.07, 6.45) is 6.74. The Morgan fingerprint density at radius 3 is 2.27 bits per heavy atom. The predicted molar refractivity (Wildman–Crippen MR) is 79.1 cm³/mol. The van der Waals surface area contributed by atoms with Crippen LogP contribution >= 0.6 is 0 Å². The molecule has 0 spiro atoms. The Balaban J connectivity index is 1.63. The topological polar surface area (TPSA) is 44.1 Å². The van der Waals surface area contributed by atoms with E-state index in [2.05, 4.69) is 5.10 Å². The van der Waals surface area contributed by atoms with E-state index in [9.17, 15) is 9.18 Å². The van der Waals surface area contributed by atoms with Gasteiger partial charge in [-0.25, -0.2) is 4.39 Å². The minimum atomic E-state index is -1.17. The molecule has 1 aromatic heterocycles. The van der Waals surface area contributed by atoms with Crippen LogP contribution in [0.4, 0.5) is 4.39 Å². The molecule has 0 saturated heterocycles. The zero-order valence-corrected chi connectivity index (χ0v) is 13.3. The van der Waals surface area contributed by atoms with Gasteiger partial charge in [-0.05, 0) is 57.4 Å². The molecule has 4 nitrogen and oxygen atoms in total. The van der Waals surface area contributed by atoms with Gasteiger partial charge in [-0.2, -0.15) is 5.10 Å². The third-order valence-corrected chi connectivity index (χ3v) is 6.44. The number of esters is 1. The highest BCUT2D eigenvalue weighted by Gasteiger charge is 2.55. The summed E-state index contributed by atoms with van der Waals surface area (Å²) in [5.74, 6) is -0.0489. The summed E-state index contributed by atoms with van der Waals surface area (Å²) >= 11 is 0. The van der Waals surface area contributed by atoms with E-state index in [-0.39, 0.29) is 16.8 Å². The standard InChI is InChI=1S/C17H23FN2O2/c1-20-13(11-12(19-20)17(18)9-10-17)15-3-6-16(7-4-15,8-5-15)14(21)22-2/h11H,3-10H2,1-2H3. The van der Waals surface area contributed by atoms with Gasteiger partial charge in [0.1, 0.15) is 0 Å². The first-order valence-electron chi connectivity index (χ1n) is 8.26. The number of halogens is 1. The second kappa shape index (κ2) is 4.33. The second-order valence-electron chi connectivity index (χ2n) is 7.56. The SMILES string of the molecule is COC(=O)C12CCC(c3cc(C4(F)CC4)nn3C)(CC1)CC2. The lowest BCUT2D eigenvalue weighted by atomic mass is 9.52. The molecule has 0 aromatic carbocycles. The first kappa shape index (κ1) is 14.2. The fourth-order valence-electron chi connectivity index (χ4n) is 4.64. The maximum absolute atomic E-state index is 14.3. The molecular formula is C17H23FN2O2. The maximum atomic E-state index is 14.3. The molecule has 1 heterocycles. The summed E-state index contributed by atoms with van der Waals surface area (Å²) < 4.78 is 21.2. The quantitative estimate of drug-likeness (QED) is 0.806. The first-order valence-corrected chi connectivity index (χ1v) is 8.26. The van der Waals surface area contributed by atoms with Crippen molar-refractivity contribution in [3.63, 3.8) is 0 Å². The van der Waals surface area contributed by atoms with Crippen LogP contribution < -0.4 is 0 Å². The van der Waals surface area contributed by atoms with E-state index in [1.165, 1.54) is 7.11 Å². The molecule has 120 valence electrons. The maximum Gasteiger partial charge on any atom is 0.311 e. The molecule has 0 radical (unpaired) electrons. The monoisotopic (exact) mass is 306 g/mol. The molecule has 0 N–H and O–H groups in total. The van der Waals surface area contributed by atoms with Gasteiger partial charge in [0.05, 0.1) is 18.2 Å². The molecule has 4 aliphatic rings. The lowest BCUT2D eigenvalue weighted by Gasteiger charge is -2.51. The van der Waals surface area contributed by atoms with Gasteiger partial charge in [-0.1, -0.05) is 0 Å². The van der Waals surface area contributed by atoms with Gasteiger partial charge in [0, 0.05) is 18.2 Å². The summed E-state index contributed by atoms with van der Waals surface area (Å²) in [6.45, 7) is 0. The van der Waals surface area contributed by atoms with Gasteiger partial charge >= 0.3 is 5.97 Å². The van der Waals surface area contributed by atoms with Gasteiger partial charge in [0.15, 0.2) is 5.67 Å². The number of alkyl halides is 1. The minimum Gasteiger partial charge on any atom is -0.469 e. The van der Waals surface area contributed by atoms with Crippen molar-refractivity contribution in [2.45, 2.75) is 62.5 Å². The number of ether oxygens (including phenoxy) is 1. The number of rotatable bonds is 3. The van der Waals surface area contributed by atoms with E-state index in [1.807, 2.05) is 17.8 Å². The fourth-order valence-corrected chi connectivity index (χ4v) is 4.64. The van der Waals surface area contributed by atoms with Crippen molar-refractivity contribution in [2.24, 2.45) is 12.5 Å². The highest BCUT2D eigenvalue weighted by molar-refractivity contribution is 5.77. The van der Waals surface area contributed by atoms with E-state index in [1.54, 1.807) is 0 Å². The highest BCUT2D eigenvalue weighted by Crippen LogP contribution is 2.59. The number of methoxy groups -OCH3 is 1. The smallest absolute Gasteiger partial charge is 0.311 e. The Morgan fingerprint density at radius 2 is 1.77 bits per heavy atom. The Kier molecular flexibility index (Phi) is 2.80. The van der Waals surface area contributed by atoms with Gasteiger partial charge in [0.25, 0.3) is 0 Å². The van der Waals surface area contributed by atoms with Gasteiger partial charge in [-0.3, -0.25) is 9.48 Å². The number of hydrogen-bond donors (Lipinski definition) is 0. The molecule has 0 atom stereocenters. The number of fused-ring (bicyclic) bond motifs is 3. The summed E-state index contributed by atoms with van der Waals surface area (Å²) in [4.78, 5) is 12.1. The Hall–Kier alpha value is -1.39. The van der Waals surface area contributed by atoms with E-state index < -0.39 is 5.67 Å². The zero-order chi connectivity index (χ0) is 15.6.